The van der Waals surface area contributed by atoms with Gasteiger partial charge in [0.05, 0.1) is 25.0 Å². The minimum absolute atomic E-state index is 0. The predicted octanol–water partition coefficient (Wildman–Crippen LogP) is 4.25. The van der Waals surface area contributed by atoms with Gasteiger partial charge in [-0.1, -0.05) is 44.0 Å². The number of benzene rings is 2. The molecule has 0 fully saturated rings. The fourth-order valence-electron chi connectivity index (χ4n) is 3.66. The Bertz CT molecular complexity index is 915. The number of halogens is 2. The van der Waals surface area contributed by atoms with Gasteiger partial charge in [0.25, 0.3) is 0 Å². The molecule has 3 nitrogen and oxygen atoms in total. The average molecular weight is 569 g/mol. The monoisotopic (exact) mass is 567 g/mol. The van der Waals surface area contributed by atoms with Gasteiger partial charge in [0, 0.05) is 10.7 Å². The molecule has 31 heavy (non-hydrogen) atoms. The maximum absolute atomic E-state index is 8.74. The Kier molecular flexibility index (Phi) is 18.0. The topological polar surface area (TPSA) is 71.4 Å². The van der Waals surface area contributed by atoms with Crippen LogP contribution in [0.2, 0.25) is 0 Å². The number of nitrogens with zero attached hydrogens (tertiary/aromatic N) is 3. The van der Waals surface area contributed by atoms with Crippen LogP contribution in [0.3, 0.4) is 0 Å². The second-order valence-electron chi connectivity index (χ2n) is 7.12. The van der Waals surface area contributed by atoms with Crippen molar-refractivity contribution < 1.29 is 51.4 Å². The second-order valence-corrected chi connectivity index (χ2v) is 8.24. The predicted molar refractivity (Wildman–Crippen MR) is 130 cm³/mol. The number of nitriles is 2. The van der Waals surface area contributed by atoms with Crippen LogP contribution in [0.25, 0.3) is 0 Å². The molecule has 0 heterocycles. The molecule has 158 valence electrons. The zero-order valence-electron chi connectivity index (χ0n) is 19.6. The van der Waals surface area contributed by atoms with E-state index >= 15 is 0 Å². The van der Waals surface area contributed by atoms with Gasteiger partial charge in [0.1, 0.15) is 0 Å². The molecule has 2 rings (SSSR count). The van der Waals surface area contributed by atoms with Crippen LogP contribution in [0, 0.1) is 76.0 Å². The van der Waals surface area contributed by atoms with Gasteiger partial charge in [-0.2, -0.15) is 10.5 Å². The molecule has 0 unspecified atom stereocenters. The molecule has 0 atom stereocenters. The Hall–Kier alpha value is -0.494. The van der Waals surface area contributed by atoms with Crippen LogP contribution < -0.4 is 51.4 Å². The van der Waals surface area contributed by atoms with Gasteiger partial charge in [0.2, 0.25) is 0 Å². The summed E-state index contributed by atoms with van der Waals surface area (Å²) in [6.45, 7) is 17.3. The largest absolute Gasteiger partial charge is 1.00 e. The van der Waals surface area contributed by atoms with Crippen molar-refractivity contribution in [1.82, 2.24) is 0 Å². The summed E-state index contributed by atoms with van der Waals surface area (Å²) in [6.07, 6.45) is 0.854. The number of hydrogen-bond acceptors (Lipinski definition) is 3. The van der Waals surface area contributed by atoms with E-state index < -0.39 is 0 Å². The molecular formula is C25H28Br2KN3. The average Bonchev–Trinajstić information content (AvgIpc) is 2.71. The Labute approximate surface area is 247 Å². The molecule has 0 saturated heterocycles. The van der Waals surface area contributed by atoms with Crippen LogP contribution in [-0.2, 0) is 23.5 Å². The molecule has 2 aromatic rings. The summed E-state index contributed by atoms with van der Waals surface area (Å²) in [5.74, 6) is 0. The van der Waals surface area contributed by atoms with Crippen LogP contribution in [0.4, 0.5) is 0 Å². The Morgan fingerprint density at radius 1 is 0.645 bits per heavy atom. The Morgan fingerprint density at radius 3 is 1.16 bits per heavy atom. The van der Waals surface area contributed by atoms with E-state index in [9.17, 15) is 0 Å². The summed E-state index contributed by atoms with van der Waals surface area (Å²) in [7, 11) is 0. The number of aryl methyl sites for hydroxylation is 4. The molecule has 0 radical (unpaired) electrons. The van der Waals surface area contributed by atoms with Crippen LogP contribution in [-0.4, -0.2) is 0 Å². The van der Waals surface area contributed by atoms with Gasteiger partial charge in [-0.25, -0.2) is 0 Å². The Balaban J connectivity index is 0. The van der Waals surface area contributed by atoms with Gasteiger partial charge >= 0.3 is 51.4 Å². The van der Waals surface area contributed by atoms with Gasteiger partial charge in [0.15, 0.2) is 0 Å². The van der Waals surface area contributed by atoms with E-state index in [0.717, 1.165) is 38.5 Å². The molecular weight excluding hydrogens is 541 g/mol. The quantitative estimate of drug-likeness (QED) is 0.314. The zero-order valence-corrected chi connectivity index (χ0v) is 25.9. The minimum Gasteiger partial charge on any atom is -0.512 e. The van der Waals surface area contributed by atoms with E-state index in [1.807, 2.05) is 20.8 Å². The van der Waals surface area contributed by atoms with Gasteiger partial charge in [-0.05, 0) is 97.2 Å². The molecule has 0 aliphatic heterocycles. The van der Waals surface area contributed by atoms with Crippen molar-refractivity contribution >= 4 is 31.9 Å². The maximum atomic E-state index is 8.74. The van der Waals surface area contributed by atoms with E-state index in [1.165, 1.54) is 27.8 Å². The molecule has 0 saturated carbocycles. The van der Waals surface area contributed by atoms with Crippen molar-refractivity contribution in [2.24, 2.45) is 0 Å². The Morgan fingerprint density at radius 2 is 0.903 bits per heavy atom. The van der Waals surface area contributed by atoms with Gasteiger partial charge in [-0.3, -0.25) is 0 Å². The molecule has 0 aliphatic carbocycles. The first-order valence-corrected chi connectivity index (χ1v) is 11.7. The van der Waals surface area contributed by atoms with Crippen molar-refractivity contribution in [2.45, 2.75) is 65.0 Å². The van der Waals surface area contributed by atoms with Crippen molar-refractivity contribution in [1.29, 1.82) is 15.8 Å². The molecule has 2 aromatic carbocycles. The van der Waals surface area contributed by atoms with Crippen molar-refractivity contribution in [2.75, 3.05) is 0 Å². The zero-order chi connectivity index (χ0) is 23.4. The summed E-state index contributed by atoms with van der Waals surface area (Å²) in [6, 6.07) is 8.67. The maximum Gasteiger partial charge on any atom is 1.00 e. The third-order valence-electron chi connectivity index (χ3n) is 5.36. The number of alkyl halides is 2. The molecule has 6 heteroatoms. The summed E-state index contributed by atoms with van der Waals surface area (Å²) in [4.78, 5) is 0. The van der Waals surface area contributed by atoms with Crippen LogP contribution >= 0.6 is 31.9 Å². The van der Waals surface area contributed by atoms with E-state index in [1.54, 1.807) is 0 Å². The van der Waals surface area contributed by atoms with Crippen LogP contribution in [0.5, 0.6) is 0 Å². The smallest absolute Gasteiger partial charge is 0.512 e. The summed E-state index contributed by atoms with van der Waals surface area (Å²) >= 11 is 7.06. The van der Waals surface area contributed by atoms with Crippen molar-refractivity contribution in [3.8, 4) is 12.1 Å². The van der Waals surface area contributed by atoms with Crippen LogP contribution in [0.15, 0.2) is 12.1 Å². The van der Waals surface area contributed by atoms with E-state index in [-0.39, 0.29) is 51.4 Å². The fraction of sp³-hybridized carbons (Fsp3) is 0.400. The number of rotatable bonds is 4. The minimum atomic E-state index is 0. The normalized spacial score (nSPS) is 9.03. The third-order valence-corrected chi connectivity index (χ3v) is 6.48. The molecule has 0 N–H and O–H groups in total. The van der Waals surface area contributed by atoms with Crippen LogP contribution in [0.1, 0.15) is 55.6 Å². The summed E-state index contributed by atoms with van der Waals surface area (Å²) in [5, 5.41) is 25.6. The molecule has 0 aromatic heterocycles. The first-order valence-electron chi connectivity index (χ1n) is 9.48. The number of hydrogen-bond donors (Lipinski definition) is 0. The molecule has 0 bridgehead atoms. The van der Waals surface area contributed by atoms with Crippen molar-refractivity contribution in [3.05, 3.63) is 74.3 Å². The van der Waals surface area contributed by atoms with E-state index in [2.05, 4.69) is 76.9 Å². The fourth-order valence-corrected chi connectivity index (χ4v) is 5.38. The first-order chi connectivity index (χ1) is 14.2. The van der Waals surface area contributed by atoms with E-state index in [4.69, 9.17) is 22.4 Å². The third kappa shape index (κ3) is 9.11. The standard InChI is InChI=1S/C13H14N2.C11H14Br2.CN.K/c1-9-8-10(2)13(5-7-15)11(3)12(9)4-6-14;1-7-4-8(2)11(6-13)9(3)10(7)5-12;1-2;/h8H,4-5H2,1-3H3;4H,5-6H2,1-3H3;;/q;;-1;+1. The summed E-state index contributed by atoms with van der Waals surface area (Å²) in [5.41, 5.74) is 12.6. The van der Waals surface area contributed by atoms with Gasteiger partial charge < -0.3 is 11.8 Å². The van der Waals surface area contributed by atoms with Crippen molar-refractivity contribution in [3.63, 3.8) is 0 Å². The van der Waals surface area contributed by atoms with E-state index in [0.29, 0.717) is 12.8 Å². The molecule has 0 spiro atoms. The first kappa shape index (κ1) is 32.7. The molecule has 0 amide bonds. The second kappa shape index (κ2) is 17.0. The SMILES string of the molecule is Cc1cc(C)c(CBr)c(C)c1CBr.Cc1cc(C)c(CC#N)c(C)c1CC#N.[C-]#N.[K+]. The van der Waals surface area contributed by atoms with Gasteiger partial charge in [-0.15, -0.1) is 0 Å². The summed E-state index contributed by atoms with van der Waals surface area (Å²) < 4.78 is 0. The molecule has 0 aliphatic rings.